The van der Waals surface area contributed by atoms with Crippen LogP contribution in [0.1, 0.15) is 0 Å². The average molecular weight is 202 g/mol. The zero-order chi connectivity index (χ0) is 0. The van der Waals surface area contributed by atoms with E-state index in [1.54, 1.807) is 0 Å². The Morgan fingerprint density at radius 2 is 0.571 bits per heavy atom. The van der Waals surface area contributed by atoms with Crippen molar-refractivity contribution in [2.75, 3.05) is 0 Å². The van der Waals surface area contributed by atoms with Crippen molar-refractivity contribution in [3.05, 3.63) is 0 Å². The summed E-state index contributed by atoms with van der Waals surface area (Å²) < 4.78 is 0. The summed E-state index contributed by atoms with van der Waals surface area (Å²) in [6, 6.07) is 0. The van der Waals surface area contributed by atoms with Gasteiger partial charge in [0.05, 0.1) is 0 Å². The second kappa shape index (κ2) is 43.8. The molecule has 0 aromatic rings. The summed E-state index contributed by atoms with van der Waals surface area (Å²) in [5, 5.41) is 0. The van der Waals surface area contributed by atoms with Gasteiger partial charge in [-0.15, -0.1) is 0 Å². The van der Waals surface area contributed by atoms with Gasteiger partial charge in [-0.05, 0) is 0 Å². The van der Waals surface area contributed by atoms with Crippen LogP contribution in [0, 0.1) is 0 Å². The zero-order valence-electron chi connectivity index (χ0n) is 1.50. The zero-order valence-corrected chi connectivity index (χ0v) is 1.50. The summed E-state index contributed by atoms with van der Waals surface area (Å²) in [5.41, 5.74) is 0. The molecule has 0 aliphatic rings. The monoisotopic (exact) mass is 202 g/mol. The van der Waals surface area contributed by atoms with E-state index in [0.717, 1.165) is 0 Å². The van der Waals surface area contributed by atoms with Crippen LogP contribution in [0.4, 0.5) is 0 Å². The van der Waals surface area contributed by atoms with Crippen molar-refractivity contribution in [2.45, 2.75) is 0 Å². The van der Waals surface area contributed by atoms with Gasteiger partial charge in [-0.2, -0.15) is 0 Å². The maximum absolute atomic E-state index is 0. The van der Waals surface area contributed by atoms with Crippen molar-refractivity contribution in [3.63, 3.8) is 0 Å². The Balaban J connectivity index is 0. The second-order valence-electron chi connectivity index (χ2n) is 0. The van der Waals surface area contributed by atoms with E-state index >= 15 is 0 Å². The van der Waals surface area contributed by atoms with E-state index in [1.165, 1.54) is 0 Å². The van der Waals surface area contributed by atoms with Gasteiger partial charge < -0.3 is 16.4 Å². The number of hydrogen-bond acceptors (Lipinski definition) is 0. The van der Waals surface area contributed by atoms with E-state index in [0.29, 0.717) is 0 Å². The fraction of sp³-hybridized carbons (Fsp3) is 0. The molecule has 0 atom stereocenters. The molecular weight excluding hydrogens is 190 g/mol. The molecule has 0 aromatic carbocycles. The molecule has 0 unspecified atom stereocenters. The molecule has 36 valence electrons. The first kappa shape index (κ1) is 57.8. The van der Waals surface area contributed by atoms with Gasteiger partial charge in [0, 0.05) is 0 Å². The summed E-state index contributed by atoms with van der Waals surface area (Å²) in [6.45, 7) is 0. The van der Waals surface area contributed by atoms with Crippen LogP contribution in [0.25, 0.3) is 0 Å². The van der Waals surface area contributed by atoms with Crippen molar-refractivity contribution in [3.8, 4) is 0 Å². The molecule has 0 spiro atoms. The van der Waals surface area contributed by atoms with Gasteiger partial charge in [0.1, 0.15) is 0 Å². The van der Waals surface area contributed by atoms with Crippen LogP contribution in [0.15, 0.2) is 0 Å². The van der Waals surface area contributed by atoms with E-state index in [4.69, 9.17) is 0 Å². The van der Waals surface area contributed by atoms with Crippen LogP contribution in [-0.4, -0.2) is 173 Å². The van der Waals surface area contributed by atoms with Crippen LogP contribution < -0.4 is 0 Å². The fourth-order valence-electron chi connectivity index (χ4n) is 0. The molecule has 0 saturated heterocycles. The maximum atomic E-state index is 0. The van der Waals surface area contributed by atoms with Crippen molar-refractivity contribution in [1.29, 1.82) is 0 Å². The summed E-state index contributed by atoms with van der Waals surface area (Å²) in [6.07, 6.45) is 0. The number of rotatable bonds is 0. The quantitative estimate of drug-likeness (QED) is 0.350. The molecule has 0 fully saturated rings. The van der Waals surface area contributed by atoms with E-state index in [1.807, 2.05) is 0 Å². The molecule has 3 nitrogen and oxygen atoms in total. The molecule has 0 rings (SSSR count). The molecule has 0 radical (unpaired) electrons. The van der Waals surface area contributed by atoms with Crippen molar-refractivity contribution >= 4 is 156 Å². The van der Waals surface area contributed by atoms with Gasteiger partial charge in [0.2, 0.25) is 0 Å². The molecule has 7 heteroatoms. The minimum atomic E-state index is 0. The first-order chi connectivity index (χ1) is 0. The van der Waals surface area contributed by atoms with Gasteiger partial charge >= 0.3 is 156 Å². The second-order valence-corrected chi connectivity index (χ2v) is 0. The third kappa shape index (κ3) is 35.5. The van der Waals surface area contributed by atoms with Crippen molar-refractivity contribution in [1.82, 2.24) is 0 Å². The van der Waals surface area contributed by atoms with Crippen LogP contribution in [-0.2, 0) is 0 Å². The Hall–Kier alpha value is 5.04. The number of hydrogen-bond donors (Lipinski definition) is 0. The Bertz CT molecular complexity index is 12.9. The molecule has 0 aliphatic carbocycles. The topological polar surface area (TPSA) is 94.5 Å². The van der Waals surface area contributed by atoms with Gasteiger partial charge in [0.25, 0.3) is 0 Å². The van der Waals surface area contributed by atoms with E-state index in [9.17, 15) is 0 Å². The van der Waals surface area contributed by atoms with Crippen LogP contribution in [0.3, 0.4) is 0 Å². The molecule has 7 heavy (non-hydrogen) atoms. The molecule has 0 bridgehead atoms. The Morgan fingerprint density at radius 3 is 0.571 bits per heavy atom. The van der Waals surface area contributed by atoms with Crippen molar-refractivity contribution in [2.24, 2.45) is 0 Å². The molecule has 6 N–H and O–H groups in total. The van der Waals surface area contributed by atoms with E-state index < -0.39 is 0 Å². The predicted octanol–water partition coefficient (Wildman–Crippen LogP) is -5.60. The third-order valence-corrected chi connectivity index (χ3v) is 0. The van der Waals surface area contributed by atoms with Gasteiger partial charge in [0.15, 0.2) is 0 Å². The summed E-state index contributed by atoms with van der Waals surface area (Å²) in [4.78, 5) is 0. The van der Waals surface area contributed by atoms with Crippen LogP contribution in [0.2, 0.25) is 0 Å². The van der Waals surface area contributed by atoms with Gasteiger partial charge in [-0.25, -0.2) is 0 Å². The third-order valence-electron chi connectivity index (χ3n) is 0. The van der Waals surface area contributed by atoms with Crippen molar-refractivity contribution < 1.29 is 16.4 Å². The molecule has 0 heterocycles. The molecular formula is H12Ca2KNaO3. The van der Waals surface area contributed by atoms with Crippen LogP contribution >= 0.6 is 0 Å². The fourth-order valence-corrected chi connectivity index (χ4v) is 0. The first-order valence-electron chi connectivity index (χ1n) is 0. The predicted molar refractivity (Wildman–Crippen MR) is 42.2 cm³/mol. The Labute approximate surface area is 167 Å². The summed E-state index contributed by atoms with van der Waals surface area (Å²) in [7, 11) is 0. The molecule has 0 aliphatic heterocycles. The Morgan fingerprint density at radius 1 is 0.571 bits per heavy atom. The standard InChI is InChI=1S/2Ca.K.Na.3H2O.6H/h;;;;3*1H2;;;;;;. The van der Waals surface area contributed by atoms with E-state index in [-0.39, 0.29) is 173 Å². The first-order valence-corrected chi connectivity index (χ1v) is 0. The SMILES string of the molecule is O.O.O.[CaH2].[CaH2].[KH].[NaH]. The Kier molecular flexibility index (Phi) is 362. The molecule has 0 amide bonds. The summed E-state index contributed by atoms with van der Waals surface area (Å²) >= 11 is 0. The van der Waals surface area contributed by atoms with Gasteiger partial charge in [-0.1, -0.05) is 0 Å². The molecule has 0 saturated carbocycles. The average Bonchev–Trinajstić information content (AvgIpc) is 0. The van der Waals surface area contributed by atoms with Gasteiger partial charge in [-0.3, -0.25) is 0 Å². The van der Waals surface area contributed by atoms with Crippen LogP contribution in [0.5, 0.6) is 0 Å². The normalized spacial score (nSPS) is 0. The molecule has 0 aromatic heterocycles. The minimum absolute atomic E-state index is 0. The summed E-state index contributed by atoms with van der Waals surface area (Å²) in [5.74, 6) is 0. The van der Waals surface area contributed by atoms with E-state index in [2.05, 4.69) is 0 Å².